The van der Waals surface area contributed by atoms with Crippen LogP contribution in [0.15, 0.2) is 41.0 Å². The summed E-state index contributed by atoms with van der Waals surface area (Å²) < 4.78 is 6.09. The molecule has 0 aliphatic rings. The molecule has 0 fully saturated rings. The number of pyridine rings is 1. The van der Waals surface area contributed by atoms with Crippen molar-refractivity contribution in [2.45, 2.75) is 6.54 Å². The van der Waals surface area contributed by atoms with Crippen molar-refractivity contribution in [2.24, 2.45) is 0 Å². The van der Waals surface area contributed by atoms with E-state index in [-0.39, 0.29) is 0 Å². The fourth-order valence-corrected chi connectivity index (χ4v) is 2.58. The van der Waals surface area contributed by atoms with E-state index in [0.29, 0.717) is 11.6 Å². The fraction of sp³-hybridized carbons (Fsp3) is 0.214. The highest BCUT2D eigenvalue weighted by atomic mass is 79.9. The fourth-order valence-electron chi connectivity index (χ4n) is 1.81. The molecule has 0 amide bonds. The summed E-state index contributed by atoms with van der Waals surface area (Å²) in [6.07, 6.45) is 1.74. The quantitative estimate of drug-likeness (QED) is 0.835. The maximum absolute atomic E-state index is 6.19. The summed E-state index contributed by atoms with van der Waals surface area (Å²) in [5, 5.41) is 0.625. The lowest BCUT2D eigenvalue weighted by atomic mass is 10.2. The highest BCUT2D eigenvalue weighted by molar-refractivity contribution is 9.10. The van der Waals surface area contributed by atoms with Crippen LogP contribution >= 0.6 is 27.5 Å². The summed E-state index contributed by atoms with van der Waals surface area (Å²) in [6.45, 7) is 0.714. The Morgan fingerprint density at radius 2 is 2.16 bits per heavy atom. The summed E-state index contributed by atoms with van der Waals surface area (Å²) in [5.74, 6) is 1.61. The molecule has 19 heavy (non-hydrogen) atoms. The number of hydrogen-bond acceptors (Lipinski definition) is 3. The molecule has 0 spiro atoms. The van der Waals surface area contributed by atoms with Crippen molar-refractivity contribution in [1.29, 1.82) is 0 Å². The second-order valence-corrected chi connectivity index (χ2v) is 5.49. The van der Waals surface area contributed by atoms with Crippen LogP contribution in [-0.4, -0.2) is 19.1 Å². The Kier molecular flexibility index (Phi) is 4.66. The number of halogens is 2. The van der Waals surface area contributed by atoms with Gasteiger partial charge in [0, 0.05) is 24.3 Å². The summed E-state index contributed by atoms with van der Waals surface area (Å²) in [5.41, 5.74) is 1.14. The van der Waals surface area contributed by atoms with Gasteiger partial charge in [0.15, 0.2) is 0 Å². The lowest BCUT2D eigenvalue weighted by Crippen LogP contribution is -2.18. The van der Waals surface area contributed by atoms with Crippen LogP contribution in [0.4, 0.5) is 5.82 Å². The Balaban J connectivity index is 2.17. The molecule has 100 valence electrons. The van der Waals surface area contributed by atoms with Gasteiger partial charge in [-0.1, -0.05) is 23.7 Å². The third-order valence-corrected chi connectivity index (χ3v) is 3.42. The van der Waals surface area contributed by atoms with Gasteiger partial charge in [0.1, 0.15) is 11.6 Å². The number of methoxy groups -OCH3 is 1. The molecule has 2 aromatic rings. The molecule has 5 heteroatoms. The van der Waals surface area contributed by atoms with Gasteiger partial charge in [0.25, 0.3) is 0 Å². The van der Waals surface area contributed by atoms with Crippen molar-refractivity contribution in [2.75, 3.05) is 19.1 Å². The molecule has 1 heterocycles. The van der Waals surface area contributed by atoms with Gasteiger partial charge < -0.3 is 9.64 Å². The predicted octanol–water partition coefficient (Wildman–Crippen LogP) is 4.14. The van der Waals surface area contributed by atoms with E-state index in [0.717, 1.165) is 21.6 Å². The molecular formula is C14H14BrClN2O. The standard InChI is InChI=1S/C14H14BrClN2O/c1-18(14-13(16)7-11(15)8-17-14)9-10-4-3-5-12(6-10)19-2/h3-8H,9H2,1-2H3. The van der Waals surface area contributed by atoms with E-state index in [1.807, 2.05) is 42.3 Å². The highest BCUT2D eigenvalue weighted by Gasteiger charge is 2.09. The van der Waals surface area contributed by atoms with Crippen LogP contribution in [0.25, 0.3) is 0 Å². The van der Waals surface area contributed by atoms with E-state index in [4.69, 9.17) is 16.3 Å². The first-order chi connectivity index (χ1) is 9.10. The Hall–Kier alpha value is -1.26. The number of hydrogen-bond donors (Lipinski definition) is 0. The number of nitrogens with zero attached hydrogens (tertiary/aromatic N) is 2. The zero-order chi connectivity index (χ0) is 13.8. The molecule has 0 saturated carbocycles. The molecule has 0 N–H and O–H groups in total. The van der Waals surface area contributed by atoms with Gasteiger partial charge in [0.05, 0.1) is 12.1 Å². The lowest BCUT2D eigenvalue weighted by Gasteiger charge is -2.19. The molecule has 0 unspecified atom stereocenters. The van der Waals surface area contributed by atoms with Crippen molar-refractivity contribution in [1.82, 2.24) is 4.98 Å². The van der Waals surface area contributed by atoms with Crippen molar-refractivity contribution in [3.8, 4) is 5.75 Å². The Morgan fingerprint density at radius 3 is 2.84 bits per heavy atom. The average Bonchev–Trinajstić information content (AvgIpc) is 2.38. The van der Waals surface area contributed by atoms with Crippen LogP contribution in [0.5, 0.6) is 5.75 Å². The van der Waals surface area contributed by atoms with Gasteiger partial charge in [-0.2, -0.15) is 0 Å². The molecule has 0 saturated heterocycles. The molecular weight excluding hydrogens is 328 g/mol. The minimum atomic E-state index is 0.625. The van der Waals surface area contributed by atoms with Gasteiger partial charge in [0.2, 0.25) is 0 Å². The third kappa shape index (κ3) is 3.61. The summed E-state index contributed by atoms with van der Waals surface area (Å²) in [6, 6.07) is 9.79. The van der Waals surface area contributed by atoms with Gasteiger partial charge in [-0.3, -0.25) is 0 Å². The number of anilines is 1. The first-order valence-corrected chi connectivity index (χ1v) is 6.92. The normalized spacial score (nSPS) is 10.3. The van der Waals surface area contributed by atoms with E-state index < -0.39 is 0 Å². The van der Waals surface area contributed by atoms with Crippen LogP contribution in [-0.2, 0) is 6.54 Å². The topological polar surface area (TPSA) is 25.4 Å². The smallest absolute Gasteiger partial charge is 0.147 e. The van der Waals surface area contributed by atoms with E-state index >= 15 is 0 Å². The van der Waals surface area contributed by atoms with Gasteiger partial charge in [-0.25, -0.2) is 4.98 Å². The lowest BCUT2D eigenvalue weighted by molar-refractivity contribution is 0.414. The molecule has 0 aliphatic carbocycles. The zero-order valence-corrected chi connectivity index (χ0v) is 13.1. The predicted molar refractivity (Wildman–Crippen MR) is 82.0 cm³/mol. The summed E-state index contributed by atoms with van der Waals surface area (Å²) in [7, 11) is 3.62. The van der Waals surface area contributed by atoms with Crippen LogP contribution < -0.4 is 9.64 Å². The van der Waals surface area contributed by atoms with Crippen molar-refractivity contribution in [3.05, 3.63) is 51.6 Å². The van der Waals surface area contributed by atoms with Gasteiger partial charge in [-0.05, 0) is 39.7 Å². The molecule has 0 atom stereocenters. The van der Waals surface area contributed by atoms with Crippen LogP contribution in [0.2, 0.25) is 5.02 Å². The van der Waals surface area contributed by atoms with Crippen molar-refractivity contribution < 1.29 is 4.74 Å². The largest absolute Gasteiger partial charge is 0.497 e. The second-order valence-electron chi connectivity index (χ2n) is 4.17. The van der Waals surface area contributed by atoms with Crippen molar-refractivity contribution >= 4 is 33.3 Å². The molecule has 0 aliphatic heterocycles. The second kappa shape index (κ2) is 6.26. The first kappa shape index (κ1) is 14.2. The maximum Gasteiger partial charge on any atom is 0.147 e. The first-order valence-electron chi connectivity index (χ1n) is 5.75. The number of ether oxygens (including phenoxy) is 1. The Morgan fingerprint density at radius 1 is 1.37 bits per heavy atom. The molecule has 3 nitrogen and oxygen atoms in total. The number of benzene rings is 1. The Labute approximate surface area is 126 Å². The molecule has 1 aromatic heterocycles. The van der Waals surface area contributed by atoms with Gasteiger partial charge >= 0.3 is 0 Å². The summed E-state index contributed by atoms with van der Waals surface area (Å²) >= 11 is 9.54. The Bertz CT molecular complexity index is 577. The number of aromatic nitrogens is 1. The molecule has 0 bridgehead atoms. The van der Waals surface area contributed by atoms with Crippen LogP contribution in [0.1, 0.15) is 5.56 Å². The monoisotopic (exact) mass is 340 g/mol. The van der Waals surface area contributed by atoms with E-state index in [1.54, 1.807) is 13.3 Å². The highest BCUT2D eigenvalue weighted by Crippen LogP contribution is 2.26. The number of rotatable bonds is 4. The van der Waals surface area contributed by atoms with Crippen LogP contribution in [0, 0.1) is 0 Å². The van der Waals surface area contributed by atoms with Crippen molar-refractivity contribution in [3.63, 3.8) is 0 Å². The minimum Gasteiger partial charge on any atom is -0.497 e. The summed E-state index contributed by atoms with van der Waals surface area (Å²) in [4.78, 5) is 6.34. The average molecular weight is 342 g/mol. The van der Waals surface area contributed by atoms with E-state index in [9.17, 15) is 0 Å². The maximum atomic E-state index is 6.19. The third-order valence-electron chi connectivity index (χ3n) is 2.70. The van der Waals surface area contributed by atoms with Crippen LogP contribution in [0.3, 0.4) is 0 Å². The van der Waals surface area contributed by atoms with E-state index in [2.05, 4.69) is 20.9 Å². The zero-order valence-electron chi connectivity index (χ0n) is 10.7. The molecule has 2 rings (SSSR count). The SMILES string of the molecule is COc1cccc(CN(C)c2ncc(Br)cc2Cl)c1. The molecule has 0 radical (unpaired) electrons. The minimum absolute atomic E-state index is 0.625. The molecule has 1 aromatic carbocycles. The van der Waals surface area contributed by atoms with E-state index in [1.165, 1.54) is 0 Å². The van der Waals surface area contributed by atoms with Gasteiger partial charge in [-0.15, -0.1) is 0 Å².